The third-order valence-corrected chi connectivity index (χ3v) is 0. The van der Waals surface area contributed by atoms with Crippen molar-refractivity contribution in [2.45, 2.75) is 0 Å². The van der Waals surface area contributed by atoms with Crippen LogP contribution < -0.4 is 34.5 Å². The smallest absolute Gasteiger partial charge is 0.756 e. The molecule has 0 rings (SSSR count). The first kappa shape index (κ1) is 7.61. The summed E-state index contributed by atoms with van der Waals surface area (Å²) < 4.78 is 48.7. The minimum absolute atomic E-state index is 0. The van der Waals surface area contributed by atoms with E-state index in [1.165, 1.54) is 0 Å². The van der Waals surface area contributed by atoms with E-state index < -0.39 is 15.6 Å². The summed E-state index contributed by atoms with van der Waals surface area (Å²) in [5.74, 6) is 0. The van der Waals surface area contributed by atoms with Crippen molar-refractivity contribution in [3.05, 3.63) is 0 Å². The van der Waals surface area contributed by atoms with Gasteiger partial charge in [-0.05, 0) is 0 Å². The van der Waals surface area contributed by atoms with Crippen molar-refractivity contribution in [2.24, 2.45) is 0 Å². The molecular weight excluding hydrogens is 213 g/mol. The number of hydrogen-bond donors (Lipinski definition) is 5. The van der Waals surface area contributed by atoms with Crippen molar-refractivity contribution in [3.63, 3.8) is 0 Å². The molecule has 11 heteroatoms. The van der Waals surface area contributed by atoms with Gasteiger partial charge in [0.2, 0.25) is 7.16 Å². The molecule has 0 saturated carbocycles. The van der Waals surface area contributed by atoms with Gasteiger partial charge in [-0.1, -0.05) is 0 Å². The van der Waals surface area contributed by atoms with Crippen LogP contribution in [0.2, 0.25) is 0 Å². The standard InChI is InChI=1S/Na.2H3O4P/c;2*1-5(2,3)4/h;2*(H3,1,2,3,4)/q+1;;/p-1/i/hD5. The second kappa shape index (κ2) is 6.71. The van der Waals surface area contributed by atoms with Gasteiger partial charge in [-0.15, -0.1) is 0 Å². The summed E-state index contributed by atoms with van der Waals surface area (Å²) in [5, 5.41) is 0. The fourth-order valence-corrected chi connectivity index (χ4v) is 0. The quantitative estimate of drug-likeness (QED) is 0.228. The molecule has 0 aliphatic heterocycles. The van der Waals surface area contributed by atoms with E-state index in [0.717, 1.165) is 0 Å². The van der Waals surface area contributed by atoms with E-state index >= 15 is 0 Å². The minimum Gasteiger partial charge on any atom is -0.756 e. The van der Waals surface area contributed by atoms with Gasteiger partial charge >= 0.3 is 37.4 Å². The van der Waals surface area contributed by atoms with Crippen molar-refractivity contribution >= 4 is 15.6 Å². The van der Waals surface area contributed by atoms with Gasteiger partial charge < -0.3 is 29.4 Å². The maximum atomic E-state index is 10.1. The fraction of sp³-hybridized carbons (Fsp3) is 0. The number of hydrogen-bond acceptors (Lipinski definition) is 8. The van der Waals surface area contributed by atoms with Crippen LogP contribution >= 0.6 is 15.6 Å². The molecule has 5 N–H and O–H groups in total. The first-order valence-corrected chi connectivity index (χ1v) is 4.38. The zero-order valence-corrected chi connectivity index (χ0v) is 8.95. The van der Waals surface area contributed by atoms with Crippen LogP contribution in [-0.2, 0) is 9.13 Å². The van der Waals surface area contributed by atoms with Crippen molar-refractivity contribution in [1.29, 1.82) is 7.16 Å². The summed E-state index contributed by atoms with van der Waals surface area (Å²) in [6, 6.07) is 0. The average molecular weight is 223 g/mol. The van der Waals surface area contributed by atoms with Crippen LogP contribution in [0.3, 0.4) is 0 Å². The molecule has 0 radical (unpaired) electrons. The predicted molar refractivity (Wildman–Crippen MR) is 26.3 cm³/mol. The first-order valence-electron chi connectivity index (χ1n) is 3.50. The average Bonchev–Trinajstić information content (AvgIpc) is 2.29. The van der Waals surface area contributed by atoms with E-state index in [1.54, 1.807) is 0 Å². The second-order valence-corrected chi connectivity index (χ2v) is 2.68. The number of phosphoric acid groups is 2. The summed E-state index contributed by atoms with van der Waals surface area (Å²) in [5.41, 5.74) is 0. The summed E-state index contributed by atoms with van der Waals surface area (Å²) in [6.45, 7) is 0. The molecule has 0 bridgehead atoms. The Morgan fingerprint density at radius 1 is 1.09 bits per heavy atom. The van der Waals surface area contributed by atoms with Crippen molar-refractivity contribution in [1.82, 2.24) is 0 Å². The minimum atomic E-state index is -4.57. The van der Waals surface area contributed by atoms with Crippen LogP contribution in [0.15, 0.2) is 0 Å². The maximum absolute atomic E-state index is 10.1. The van der Waals surface area contributed by atoms with Gasteiger partial charge in [0.05, 0.1) is 0 Å². The molecule has 0 aliphatic rings. The molecule has 0 aliphatic carbocycles. The summed E-state index contributed by atoms with van der Waals surface area (Å²) in [7, 11) is -8.73. The molecule has 0 aromatic heterocycles. The Morgan fingerprint density at radius 2 is 1.45 bits per heavy atom. The van der Waals surface area contributed by atoms with E-state index in [-0.39, 0.29) is 29.6 Å². The van der Waals surface area contributed by atoms with Gasteiger partial charge in [0, 0.05) is 0 Å². The first-order chi connectivity index (χ1) is 6.80. The SMILES string of the molecule is [2H]OP(=O)(O[2H])O[2H].[2H]OP(=O)([O-])O[2H].[Na+]. The maximum Gasteiger partial charge on any atom is 1.00 e. The second-order valence-electron chi connectivity index (χ2n) is 0.894. The normalized spacial score (nSPS) is 16.6. The van der Waals surface area contributed by atoms with Crippen LogP contribution in [0.25, 0.3) is 0 Å². The van der Waals surface area contributed by atoms with E-state index in [4.69, 9.17) is 7.16 Å². The van der Waals surface area contributed by atoms with E-state index in [9.17, 15) is 14.0 Å². The Labute approximate surface area is 91.1 Å². The van der Waals surface area contributed by atoms with Crippen molar-refractivity contribution in [3.8, 4) is 0 Å². The Balaban J connectivity index is -0.000000200. The molecule has 11 heavy (non-hydrogen) atoms. The zero-order chi connectivity index (χ0) is 12.5. The monoisotopic (exact) mass is 223 g/mol. The Kier molecular flexibility index (Phi) is 4.64. The van der Waals surface area contributed by atoms with Gasteiger partial charge in [-0.3, -0.25) is 4.57 Å². The molecule has 64 valence electrons. The number of rotatable bonds is 5. The van der Waals surface area contributed by atoms with E-state index in [0.29, 0.717) is 0 Å². The third kappa shape index (κ3) is 641. The van der Waals surface area contributed by atoms with Gasteiger partial charge in [-0.2, -0.15) is 0 Å². The largest absolute Gasteiger partial charge is 1.00 e. The van der Waals surface area contributed by atoms with Crippen molar-refractivity contribution < 1.29 is 68.1 Å². The van der Waals surface area contributed by atoms with Crippen LogP contribution in [0, 0.1) is 0 Å². The molecule has 0 unspecified atom stereocenters. The molecule has 0 spiro atoms. The van der Waals surface area contributed by atoms with Gasteiger partial charge in [0.25, 0.3) is 7.82 Å². The van der Waals surface area contributed by atoms with Gasteiger partial charge in [-0.25, -0.2) is 4.57 Å². The molecular formula is H5NaO8P2. The molecule has 0 aromatic carbocycles. The van der Waals surface area contributed by atoms with Crippen LogP contribution in [-0.4, -0.2) is 31.6 Å². The topological polar surface area (TPSA) is 158 Å². The Bertz CT molecular complexity index is 220. The fourth-order valence-electron chi connectivity index (χ4n) is 0. The zero-order valence-electron chi connectivity index (χ0n) is 10.2. The van der Waals surface area contributed by atoms with Gasteiger partial charge in [0.1, 0.15) is 0 Å². The molecule has 0 amide bonds. The Hall–Kier alpha value is 1.22. The van der Waals surface area contributed by atoms with E-state index in [2.05, 4.69) is 24.5 Å². The van der Waals surface area contributed by atoms with Crippen LogP contribution in [0.4, 0.5) is 0 Å². The predicted octanol–water partition coefficient (Wildman–Crippen LogP) is -5.49. The molecule has 0 heterocycles. The Morgan fingerprint density at radius 3 is 1.45 bits per heavy atom. The van der Waals surface area contributed by atoms with Crippen LogP contribution in [0.5, 0.6) is 0 Å². The van der Waals surface area contributed by atoms with Crippen LogP contribution in [0.1, 0.15) is 0 Å². The molecule has 0 saturated heterocycles. The molecule has 8 nitrogen and oxygen atoms in total. The van der Waals surface area contributed by atoms with Crippen molar-refractivity contribution in [2.75, 3.05) is 0 Å². The molecule has 0 atom stereocenters. The van der Waals surface area contributed by atoms with E-state index in [1.807, 2.05) is 0 Å². The molecule has 0 fully saturated rings. The summed E-state index contributed by atoms with van der Waals surface area (Å²) in [4.78, 5) is 25.1. The van der Waals surface area contributed by atoms with Gasteiger partial charge in [0.15, 0.2) is 0 Å². The summed E-state index contributed by atoms with van der Waals surface area (Å²) >= 11 is 0. The molecule has 0 aromatic rings. The third-order valence-electron chi connectivity index (χ3n) is 0. The summed E-state index contributed by atoms with van der Waals surface area (Å²) in [6.07, 6.45) is 0.